The molecule has 1 aliphatic heterocycles. The number of hydrogen-bond acceptors (Lipinski definition) is 2. The number of carbonyl (C=O) groups excluding carboxylic acids is 1. The predicted octanol–water partition coefficient (Wildman–Crippen LogP) is 2.29. The molecule has 0 saturated carbocycles. The molecule has 1 heterocycles. The lowest BCUT2D eigenvalue weighted by atomic mass is 9.97. The zero-order valence-electron chi connectivity index (χ0n) is 11.4. The third-order valence-corrected chi connectivity index (χ3v) is 3.82. The van der Waals surface area contributed by atoms with Crippen molar-refractivity contribution in [2.75, 3.05) is 26.2 Å². The summed E-state index contributed by atoms with van der Waals surface area (Å²) in [6.45, 7) is 6.09. The van der Waals surface area contributed by atoms with Crippen LogP contribution in [-0.4, -0.2) is 37.0 Å². The highest BCUT2D eigenvalue weighted by Crippen LogP contribution is 2.16. The van der Waals surface area contributed by atoms with E-state index in [1.54, 1.807) is 12.1 Å². The van der Waals surface area contributed by atoms with Crippen LogP contribution in [0.25, 0.3) is 0 Å². The van der Waals surface area contributed by atoms with E-state index in [1.807, 2.05) is 0 Å². The third-order valence-electron chi connectivity index (χ3n) is 3.82. The van der Waals surface area contributed by atoms with E-state index in [-0.39, 0.29) is 11.5 Å². The maximum atomic E-state index is 13.4. The number of hydrogen-bond donors (Lipinski definition) is 1. The van der Waals surface area contributed by atoms with Crippen molar-refractivity contribution in [3.8, 4) is 0 Å². The largest absolute Gasteiger partial charge is 0.352 e. The SMILES string of the molecule is CCN1CCC(CNC(=O)c2ccccc2F)CC1. The second-order valence-corrected chi connectivity index (χ2v) is 5.07. The van der Waals surface area contributed by atoms with Crippen LogP contribution < -0.4 is 5.32 Å². The van der Waals surface area contributed by atoms with Crippen molar-refractivity contribution >= 4 is 5.91 Å². The molecule has 0 aromatic heterocycles. The van der Waals surface area contributed by atoms with Gasteiger partial charge < -0.3 is 10.2 Å². The summed E-state index contributed by atoms with van der Waals surface area (Å²) < 4.78 is 13.4. The zero-order chi connectivity index (χ0) is 13.7. The van der Waals surface area contributed by atoms with Crippen LogP contribution in [-0.2, 0) is 0 Å². The summed E-state index contributed by atoms with van der Waals surface area (Å²) in [5, 5.41) is 2.84. The Labute approximate surface area is 113 Å². The Morgan fingerprint density at radius 1 is 1.37 bits per heavy atom. The molecule has 1 fully saturated rings. The van der Waals surface area contributed by atoms with Gasteiger partial charge in [0.05, 0.1) is 5.56 Å². The first-order chi connectivity index (χ1) is 9.20. The van der Waals surface area contributed by atoms with E-state index < -0.39 is 5.82 Å². The average molecular weight is 264 g/mol. The molecule has 0 unspecified atom stereocenters. The van der Waals surface area contributed by atoms with Crippen LogP contribution >= 0.6 is 0 Å². The van der Waals surface area contributed by atoms with Gasteiger partial charge in [0.1, 0.15) is 5.82 Å². The molecule has 2 rings (SSSR count). The first-order valence-corrected chi connectivity index (χ1v) is 6.95. The average Bonchev–Trinajstić information content (AvgIpc) is 2.46. The van der Waals surface area contributed by atoms with Crippen LogP contribution in [0.3, 0.4) is 0 Å². The summed E-state index contributed by atoms with van der Waals surface area (Å²) in [5.41, 5.74) is 0.133. The lowest BCUT2D eigenvalue weighted by Gasteiger charge is -2.31. The molecule has 0 bridgehead atoms. The van der Waals surface area contributed by atoms with Gasteiger partial charge in [-0.2, -0.15) is 0 Å². The quantitative estimate of drug-likeness (QED) is 0.905. The number of halogens is 1. The number of nitrogens with zero attached hydrogens (tertiary/aromatic N) is 1. The number of piperidine rings is 1. The molecule has 1 amide bonds. The number of amides is 1. The minimum atomic E-state index is -0.458. The van der Waals surface area contributed by atoms with Crippen molar-refractivity contribution in [1.29, 1.82) is 0 Å². The molecule has 1 aliphatic rings. The lowest BCUT2D eigenvalue weighted by Crippen LogP contribution is -2.38. The maximum Gasteiger partial charge on any atom is 0.254 e. The molecular formula is C15H21FN2O. The van der Waals surface area contributed by atoms with Gasteiger partial charge in [0.25, 0.3) is 5.91 Å². The van der Waals surface area contributed by atoms with Crippen LogP contribution in [0.15, 0.2) is 24.3 Å². The normalized spacial score (nSPS) is 17.4. The standard InChI is InChI=1S/C15H21FN2O/c1-2-18-9-7-12(8-10-18)11-17-15(19)13-5-3-4-6-14(13)16/h3-6,12H,2,7-11H2,1H3,(H,17,19). The Hall–Kier alpha value is -1.42. The van der Waals surface area contributed by atoms with Crippen molar-refractivity contribution in [1.82, 2.24) is 10.2 Å². The maximum absolute atomic E-state index is 13.4. The van der Waals surface area contributed by atoms with Crippen LogP contribution in [0, 0.1) is 11.7 Å². The molecule has 1 aromatic rings. The number of benzene rings is 1. The van der Waals surface area contributed by atoms with Gasteiger partial charge in [0.15, 0.2) is 0 Å². The number of carbonyl (C=O) groups is 1. The Bertz CT molecular complexity index is 428. The van der Waals surface area contributed by atoms with Gasteiger partial charge >= 0.3 is 0 Å². The van der Waals surface area contributed by atoms with E-state index in [1.165, 1.54) is 12.1 Å². The van der Waals surface area contributed by atoms with Gasteiger partial charge in [-0.15, -0.1) is 0 Å². The Kier molecular flexibility index (Phi) is 4.91. The molecule has 0 radical (unpaired) electrons. The molecule has 3 nitrogen and oxygen atoms in total. The van der Waals surface area contributed by atoms with E-state index >= 15 is 0 Å². The molecular weight excluding hydrogens is 243 g/mol. The van der Waals surface area contributed by atoms with Gasteiger partial charge in [0.2, 0.25) is 0 Å². The fourth-order valence-electron chi connectivity index (χ4n) is 2.48. The van der Waals surface area contributed by atoms with E-state index in [4.69, 9.17) is 0 Å². The number of nitrogens with one attached hydrogen (secondary N) is 1. The molecule has 1 N–H and O–H groups in total. The zero-order valence-corrected chi connectivity index (χ0v) is 11.4. The van der Waals surface area contributed by atoms with Crippen molar-refractivity contribution in [2.24, 2.45) is 5.92 Å². The third kappa shape index (κ3) is 3.77. The Morgan fingerprint density at radius 2 is 2.05 bits per heavy atom. The topological polar surface area (TPSA) is 32.3 Å². The number of likely N-dealkylation sites (tertiary alicyclic amines) is 1. The van der Waals surface area contributed by atoms with Crippen molar-refractivity contribution < 1.29 is 9.18 Å². The van der Waals surface area contributed by atoms with E-state index in [0.717, 1.165) is 32.5 Å². The highest BCUT2D eigenvalue weighted by molar-refractivity contribution is 5.94. The monoisotopic (exact) mass is 264 g/mol. The molecule has 4 heteroatoms. The molecule has 104 valence electrons. The smallest absolute Gasteiger partial charge is 0.254 e. The van der Waals surface area contributed by atoms with Crippen LogP contribution in [0.5, 0.6) is 0 Å². The molecule has 19 heavy (non-hydrogen) atoms. The molecule has 1 saturated heterocycles. The first-order valence-electron chi connectivity index (χ1n) is 6.95. The van der Waals surface area contributed by atoms with Crippen molar-refractivity contribution in [2.45, 2.75) is 19.8 Å². The van der Waals surface area contributed by atoms with Crippen LogP contribution in [0.4, 0.5) is 4.39 Å². The lowest BCUT2D eigenvalue weighted by molar-refractivity contribution is 0.0933. The van der Waals surface area contributed by atoms with Crippen LogP contribution in [0.1, 0.15) is 30.1 Å². The van der Waals surface area contributed by atoms with Gasteiger partial charge in [-0.3, -0.25) is 4.79 Å². The molecule has 0 aliphatic carbocycles. The summed E-state index contributed by atoms with van der Waals surface area (Å²) in [7, 11) is 0. The number of rotatable bonds is 4. The predicted molar refractivity (Wildman–Crippen MR) is 73.6 cm³/mol. The Morgan fingerprint density at radius 3 is 2.68 bits per heavy atom. The van der Waals surface area contributed by atoms with E-state index in [9.17, 15) is 9.18 Å². The second-order valence-electron chi connectivity index (χ2n) is 5.07. The van der Waals surface area contributed by atoms with Crippen LogP contribution in [0.2, 0.25) is 0 Å². The van der Waals surface area contributed by atoms with Crippen molar-refractivity contribution in [3.63, 3.8) is 0 Å². The summed E-state index contributed by atoms with van der Waals surface area (Å²) in [6.07, 6.45) is 2.21. The van der Waals surface area contributed by atoms with E-state index in [2.05, 4.69) is 17.1 Å². The minimum Gasteiger partial charge on any atom is -0.352 e. The Balaban J connectivity index is 1.80. The fourth-order valence-corrected chi connectivity index (χ4v) is 2.48. The minimum absolute atomic E-state index is 0.133. The second kappa shape index (κ2) is 6.66. The van der Waals surface area contributed by atoms with Crippen molar-refractivity contribution in [3.05, 3.63) is 35.6 Å². The van der Waals surface area contributed by atoms with Gasteiger partial charge in [-0.25, -0.2) is 4.39 Å². The van der Waals surface area contributed by atoms with Gasteiger partial charge in [-0.1, -0.05) is 19.1 Å². The molecule has 1 aromatic carbocycles. The van der Waals surface area contributed by atoms with Gasteiger partial charge in [-0.05, 0) is 50.5 Å². The summed E-state index contributed by atoms with van der Waals surface area (Å²) in [4.78, 5) is 14.3. The first kappa shape index (κ1) is 14.0. The molecule has 0 spiro atoms. The highest BCUT2D eigenvalue weighted by Gasteiger charge is 2.19. The molecule has 0 atom stereocenters. The van der Waals surface area contributed by atoms with Gasteiger partial charge in [0, 0.05) is 6.54 Å². The summed E-state index contributed by atoms with van der Waals surface area (Å²) in [6, 6.07) is 6.10. The van der Waals surface area contributed by atoms with E-state index in [0.29, 0.717) is 12.5 Å². The highest BCUT2D eigenvalue weighted by atomic mass is 19.1. The summed E-state index contributed by atoms with van der Waals surface area (Å²) >= 11 is 0. The summed E-state index contributed by atoms with van der Waals surface area (Å²) in [5.74, 6) is -0.254. The fraction of sp³-hybridized carbons (Fsp3) is 0.533.